The van der Waals surface area contributed by atoms with Gasteiger partial charge in [-0.2, -0.15) is 5.26 Å². The van der Waals surface area contributed by atoms with Gasteiger partial charge in [0.2, 0.25) is 4.77 Å². The third kappa shape index (κ3) is 3.82. The Balaban J connectivity index is 1.95. The number of nitrogens with zero attached hydrogens (tertiary/aromatic N) is 3. The first-order valence-electron chi connectivity index (χ1n) is 10.3. The lowest BCUT2D eigenvalue weighted by Crippen LogP contribution is -2.09. The van der Waals surface area contributed by atoms with Crippen LogP contribution in [0.3, 0.4) is 0 Å². The van der Waals surface area contributed by atoms with Crippen molar-refractivity contribution in [2.45, 2.75) is 0 Å². The van der Waals surface area contributed by atoms with Crippen LogP contribution in [0.5, 0.6) is 0 Å². The lowest BCUT2D eigenvalue weighted by atomic mass is 9.91. The number of halogens is 2. The molecule has 1 heterocycles. The highest BCUT2D eigenvalue weighted by atomic mass is 35.5. The summed E-state index contributed by atoms with van der Waals surface area (Å²) >= 11 is 17.9. The van der Waals surface area contributed by atoms with Crippen LogP contribution in [0.15, 0.2) is 84.9 Å². The zero-order valence-electron chi connectivity index (χ0n) is 17.7. The van der Waals surface area contributed by atoms with E-state index < -0.39 is 0 Å². The molecule has 0 saturated carbocycles. The zero-order valence-corrected chi connectivity index (χ0v) is 20.0. The van der Waals surface area contributed by atoms with Crippen molar-refractivity contribution in [1.82, 2.24) is 9.55 Å². The van der Waals surface area contributed by atoms with E-state index >= 15 is 0 Å². The van der Waals surface area contributed by atoms with Crippen LogP contribution in [0.1, 0.15) is 5.56 Å². The van der Waals surface area contributed by atoms with E-state index in [0.717, 1.165) is 27.9 Å². The number of rotatable bonds is 3. The summed E-state index contributed by atoms with van der Waals surface area (Å²) in [5.74, 6) is 0.408. The molecule has 2 N–H and O–H groups in total. The number of para-hydroxylation sites is 1. The van der Waals surface area contributed by atoms with Crippen molar-refractivity contribution in [3.05, 3.63) is 105 Å². The standard InChI is InChI=1S/C27H16Cl2N4S/c28-18-10-6-16(7-11-18)21-14-22(17-8-12-19(29)13-9-17)24-25(23(21)15-30)32-27(34)33(26(24)31)20-4-2-1-3-5-20/h1-14H,31H2. The van der Waals surface area contributed by atoms with Crippen LogP contribution in [0.2, 0.25) is 10.0 Å². The van der Waals surface area contributed by atoms with Crippen LogP contribution in [-0.4, -0.2) is 9.55 Å². The summed E-state index contributed by atoms with van der Waals surface area (Å²) in [6.07, 6.45) is 0. The second kappa shape index (κ2) is 8.92. The highest BCUT2D eigenvalue weighted by Crippen LogP contribution is 2.40. The van der Waals surface area contributed by atoms with E-state index in [0.29, 0.717) is 32.3 Å². The third-order valence-corrected chi connectivity index (χ3v) is 6.41. The number of aromatic nitrogens is 2. The summed E-state index contributed by atoms with van der Waals surface area (Å²) in [4.78, 5) is 4.71. The monoisotopic (exact) mass is 498 g/mol. The molecule has 0 aliphatic heterocycles. The van der Waals surface area contributed by atoms with Crippen LogP contribution >= 0.6 is 35.4 Å². The first-order valence-corrected chi connectivity index (χ1v) is 11.5. The van der Waals surface area contributed by atoms with E-state index in [9.17, 15) is 5.26 Å². The molecule has 0 aliphatic carbocycles. The van der Waals surface area contributed by atoms with E-state index in [2.05, 4.69) is 6.07 Å². The fourth-order valence-corrected chi connectivity index (χ4v) is 4.60. The molecule has 5 rings (SSSR count). The summed E-state index contributed by atoms with van der Waals surface area (Å²) in [6, 6.07) is 28.7. The van der Waals surface area contributed by atoms with Gasteiger partial charge in [-0.1, -0.05) is 65.7 Å². The van der Waals surface area contributed by atoms with Gasteiger partial charge in [0.1, 0.15) is 11.9 Å². The Labute approximate surface area is 211 Å². The van der Waals surface area contributed by atoms with E-state index in [-0.39, 0.29) is 4.77 Å². The Kier molecular flexibility index (Phi) is 5.80. The minimum absolute atomic E-state index is 0.267. The van der Waals surface area contributed by atoms with Gasteiger partial charge in [0, 0.05) is 21.3 Å². The number of hydrogen-bond acceptors (Lipinski definition) is 4. The first kappa shape index (κ1) is 22.1. The van der Waals surface area contributed by atoms with Gasteiger partial charge in [-0.05, 0) is 71.4 Å². The molecule has 0 amide bonds. The van der Waals surface area contributed by atoms with Crippen LogP contribution in [0, 0.1) is 16.1 Å². The zero-order chi connectivity index (χ0) is 23.8. The summed E-state index contributed by atoms with van der Waals surface area (Å²) < 4.78 is 1.99. The summed E-state index contributed by atoms with van der Waals surface area (Å²) in [7, 11) is 0. The second-order valence-corrected chi connectivity index (χ2v) is 8.88. The molecule has 4 aromatic carbocycles. The predicted molar refractivity (Wildman–Crippen MR) is 142 cm³/mol. The number of hydrogen-bond donors (Lipinski definition) is 1. The van der Waals surface area contributed by atoms with Gasteiger partial charge in [-0.15, -0.1) is 0 Å². The van der Waals surface area contributed by atoms with Crippen molar-refractivity contribution < 1.29 is 0 Å². The maximum absolute atomic E-state index is 10.2. The molecular formula is C27H16Cl2N4S. The van der Waals surface area contributed by atoms with E-state index in [1.165, 1.54) is 0 Å². The molecule has 0 atom stereocenters. The summed E-state index contributed by atoms with van der Waals surface area (Å²) in [6.45, 7) is 0. The molecule has 1 aromatic heterocycles. The van der Waals surface area contributed by atoms with Crippen LogP contribution in [0.25, 0.3) is 38.8 Å². The van der Waals surface area contributed by atoms with E-state index in [1.807, 2.05) is 72.8 Å². The minimum Gasteiger partial charge on any atom is -0.384 e. The van der Waals surface area contributed by atoms with Crippen LogP contribution < -0.4 is 5.73 Å². The SMILES string of the molecule is N#Cc1c(-c2ccc(Cl)cc2)cc(-c2ccc(Cl)cc2)c2c(N)n(-c3ccccc3)c(=S)nc12. The first-order chi connectivity index (χ1) is 16.5. The summed E-state index contributed by atoms with van der Waals surface area (Å²) in [5.41, 5.74) is 11.7. The molecule has 0 unspecified atom stereocenters. The van der Waals surface area contributed by atoms with E-state index in [4.69, 9.17) is 46.1 Å². The smallest absolute Gasteiger partial charge is 0.206 e. The Morgan fingerprint density at radius 3 is 1.94 bits per heavy atom. The molecule has 164 valence electrons. The molecule has 34 heavy (non-hydrogen) atoms. The van der Waals surface area contributed by atoms with Crippen molar-refractivity contribution in [1.29, 1.82) is 5.26 Å². The molecule has 0 saturated heterocycles. The lowest BCUT2D eigenvalue weighted by Gasteiger charge is -2.18. The molecule has 7 heteroatoms. The quantitative estimate of drug-likeness (QED) is 0.257. The fourth-order valence-electron chi connectivity index (χ4n) is 4.05. The number of nitrogen functional groups attached to an aromatic ring is 1. The topological polar surface area (TPSA) is 67.6 Å². The Morgan fingerprint density at radius 1 is 0.824 bits per heavy atom. The Bertz CT molecular complexity index is 1640. The van der Waals surface area contributed by atoms with Gasteiger partial charge in [0.15, 0.2) is 0 Å². The molecule has 0 radical (unpaired) electrons. The normalized spacial score (nSPS) is 10.9. The molecule has 0 aliphatic rings. The van der Waals surface area contributed by atoms with Gasteiger partial charge in [-0.3, -0.25) is 4.57 Å². The van der Waals surface area contributed by atoms with Crippen molar-refractivity contribution in [3.8, 4) is 34.0 Å². The molecule has 4 nitrogen and oxygen atoms in total. The highest BCUT2D eigenvalue weighted by Gasteiger charge is 2.20. The second-order valence-electron chi connectivity index (χ2n) is 7.65. The Morgan fingerprint density at radius 2 is 1.38 bits per heavy atom. The molecule has 5 aromatic rings. The van der Waals surface area contributed by atoms with Gasteiger partial charge in [-0.25, -0.2) is 4.98 Å². The summed E-state index contributed by atoms with van der Waals surface area (Å²) in [5, 5.41) is 12.1. The van der Waals surface area contributed by atoms with Gasteiger partial charge in [0.05, 0.1) is 16.5 Å². The van der Waals surface area contributed by atoms with Crippen molar-refractivity contribution in [2.24, 2.45) is 0 Å². The van der Waals surface area contributed by atoms with Crippen LogP contribution in [0.4, 0.5) is 5.82 Å². The number of fused-ring (bicyclic) bond motifs is 1. The molecule has 0 fully saturated rings. The van der Waals surface area contributed by atoms with Gasteiger partial charge >= 0.3 is 0 Å². The molecular weight excluding hydrogens is 483 g/mol. The van der Waals surface area contributed by atoms with Gasteiger partial charge in [0.25, 0.3) is 0 Å². The van der Waals surface area contributed by atoms with Crippen LogP contribution in [-0.2, 0) is 0 Å². The largest absolute Gasteiger partial charge is 0.384 e. The van der Waals surface area contributed by atoms with E-state index in [1.54, 1.807) is 16.7 Å². The number of nitriles is 1. The third-order valence-electron chi connectivity index (χ3n) is 5.63. The average Bonchev–Trinajstić information content (AvgIpc) is 2.85. The van der Waals surface area contributed by atoms with Crippen molar-refractivity contribution in [2.75, 3.05) is 5.73 Å². The van der Waals surface area contributed by atoms with Crippen molar-refractivity contribution in [3.63, 3.8) is 0 Å². The maximum Gasteiger partial charge on any atom is 0.206 e. The highest BCUT2D eigenvalue weighted by molar-refractivity contribution is 7.71. The van der Waals surface area contributed by atoms with Gasteiger partial charge < -0.3 is 5.73 Å². The number of benzene rings is 4. The average molecular weight is 499 g/mol. The molecule has 0 spiro atoms. The maximum atomic E-state index is 10.2. The Hall–Kier alpha value is -3.69. The lowest BCUT2D eigenvalue weighted by molar-refractivity contribution is 0.994. The number of nitrogens with two attached hydrogens (primary N) is 1. The predicted octanol–water partition coefficient (Wildman–Crippen LogP) is 7.85. The fraction of sp³-hybridized carbons (Fsp3) is 0. The number of anilines is 1. The van der Waals surface area contributed by atoms with Crippen molar-refractivity contribution >= 4 is 52.1 Å². The minimum atomic E-state index is 0.267. The molecule has 0 bridgehead atoms.